The van der Waals surface area contributed by atoms with Crippen molar-refractivity contribution in [1.82, 2.24) is 4.57 Å². The molecule has 0 spiro atoms. The van der Waals surface area contributed by atoms with Crippen molar-refractivity contribution in [2.45, 2.75) is 46.6 Å². The lowest BCUT2D eigenvalue weighted by Crippen LogP contribution is -2.10. The summed E-state index contributed by atoms with van der Waals surface area (Å²) in [4.78, 5) is 10.8. The Morgan fingerprint density at radius 1 is 1.36 bits per heavy atom. The van der Waals surface area contributed by atoms with E-state index in [1.54, 1.807) is 0 Å². The average Bonchev–Trinajstić information content (AvgIpc) is 2.46. The lowest BCUT2D eigenvalue weighted by molar-refractivity contribution is 0.112. The molecule has 0 amide bonds. The molecule has 0 N–H and O–H groups in total. The van der Waals surface area contributed by atoms with Crippen molar-refractivity contribution in [3.05, 3.63) is 23.0 Å². The predicted octanol–water partition coefficient (Wildman–Crippen LogP) is 3.28. The highest BCUT2D eigenvalue weighted by molar-refractivity contribution is 5.77. The van der Waals surface area contributed by atoms with Crippen molar-refractivity contribution in [2.75, 3.05) is 0 Å². The van der Waals surface area contributed by atoms with Gasteiger partial charge in [0, 0.05) is 23.0 Å². The zero-order valence-electron chi connectivity index (χ0n) is 9.50. The first-order valence-corrected chi connectivity index (χ1v) is 5.29. The largest absolute Gasteiger partial charge is 0.345 e. The summed E-state index contributed by atoms with van der Waals surface area (Å²) in [6.45, 7) is 8.47. The fraction of sp³-hybridized carbons (Fsp3) is 0.583. The number of carbonyl (C=O) groups is 1. The molecule has 0 aliphatic rings. The third-order valence-corrected chi connectivity index (χ3v) is 2.96. The maximum Gasteiger partial charge on any atom is 0.151 e. The number of nitrogens with zero attached hydrogens (tertiary/aromatic N) is 1. The number of aldehydes is 1. The van der Waals surface area contributed by atoms with Crippen LogP contribution in [0.2, 0.25) is 0 Å². The number of hydrogen-bond donors (Lipinski definition) is 0. The lowest BCUT2D eigenvalue weighted by Gasteiger charge is -2.19. The predicted molar refractivity (Wildman–Crippen MR) is 58.9 cm³/mol. The Balaban J connectivity index is 3.18. The molecule has 0 saturated carbocycles. The minimum absolute atomic E-state index is 0.531. The molecule has 78 valence electrons. The number of aromatic nitrogens is 1. The molecule has 1 aromatic rings. The Bertz CT molecular complexity index is 321. The monoisotopic (exact) mass is 193 g/mol. The molecule has 0 aliphatic heterocycles. The molecule has 0 aliphatic carbocycles. The van der Waals surface area contributed by atoms with Gasteiger partial charge in [0.05, 0.1) is 0 Å². The number of aryl methyl sites for hydroxylation is 1. The lowest BCUT2D eigenvalue weighted by atomic mass is 10.1. The van der Waals surface area contributed by atoms with E-state index in [9.17, 15) is 4.79 Å². The van der Waals surface area contributed by atoms with Crippen LogP contribution in [0.5, 0.6) is 0 Å². The first-order valence-electron chi connectivity index (χ1n) is 5.29. The standard InChI is InChI=1S/C12H19NO/c1-5-12(6-2)13-9(3)7-11(8-14)10(13)4/h7-8,12H,5-6H2,1-4H3. The fourth-order valence-corrected chi connectivity index (χ4v) is 2.14. The van der Waals surface area contributed by atoms with E-state index >= 15 is 0 Å². The molecule has 0 saturated heterocycles. The fourth-order valence-electron chi connectivity index (χ4n) is 2.14. The van der Waals surface area contributed by atoms with Crippen molar-refractivity contribution >= 4 is 6.29 Å². The first kappa shape index (κ1) is 11.0. The Kier molecular flexibility index (Phi) is 3.50. The molecule has 0 unspecified atom stereocenters. The third kappa shape index (κ3) is 1.74. The maximum absolute atomic E-state index is 10.8. The Morgan fingerprint density at radius 2 is 1.93 bits per heavy atom. The second-order valence-corrected chi connectivity index (χ2v) is 3.78. The van der Waals surface area contributed by atoms with Gasteiger partial charge in [-0.2, -0.15) is 0 Å². The summed E-state index contributed by atoms with van der Waals surface area (Å²) in [5.74, 6) is 0. The highest BCUT2D eigenvalue weighted by Crippen LogP contribution is 2.23. The van der Waals surface area contributed by atoms with Gasteiger partial charge in [0.1, 0.15) is 0 Å². The molecule has 2 nitrogen and oxygen atoms in total. The van der Waals surface area contributed by atoms with E-state index < -0.39 is 0 Å². The van der Waals surface area contributed by atoms with Crippen LogP contribution in [0.1, 0.15) is 54.5 Å². The summed E-state index contributed by atoms with van der Waals surface area (Å²) >= 11 is 0. The summed E-state index contributed by atoms with van der Waals surface area (Å²) < 4.78 is 2.28. The zero-order valence-corrected chi connectivity index (χ0v) is 9.50. The molecule has 2 heteroatoms. The molecule has 0 atom stereocenters. The second kappa shape index (κ2) is 4.45. The van der Waals surface area contributed by atoms with E-state index in [-0.39, 0.29) is 0 Å². The molecular weight excluding hydrogens is 174 g/mol. The third-order valence-electron chi connectivity index (χ3n) is 2.96. The molecule has 1 aromatic heterocycles. The van der Waals surface area contributed by atoms with Gasteiger partial charge in [0.15, 0.2) is 6.29 Å². The minimum Gasteiger partial charge on any atom is -0.345 e. The molecule has 1 rings (SSSR count). The smallest absolute Gasteiger partial charge is 0.151 e. The quantitative estimate of drug-likeness (QED) is 0.673. The van der Waals surface area contributed by atoms with Gasteiger partial charge in [-0.05, 0) is 32.8 Å². The van der Waals surface area contributed by atoms with Crippen molar-refractivity contribution in [3.63, 3.8) is 0 Å². The van der Waals surface area contributed by atoms with Gasteiger partial charge in [-0.1, -0.05) is 13.8 Å². The topological polar surface area (TPSA) is 22.0 Å². The Labute approximate surface area is 85.9 Å². The van der Waals surface area contributed by atoms with E-state index in [0.717, 1.165) is 30.4 Å². The van der Waals surface area contributed by atoms with Crippen LogP contribution < -0.4 is 0 Å². The van der Waals surface area contributed by atoms with Crippen LogP contribution in [0.25, 0.3) is 0 Å². The summed E-state index contributed by atoms with van der Waals surface area (Å²) in [7, 11) is 0. The van der Waals surface area contributed by atoms with Crippen LogP contribution in [0.3, 0.4) is 0 Å². The van der Waals surface area contributed by atoms with Crippen LogP contribution in [0, 0.1) is 13.8 Å². The SMILES string of the molecule is CCC(CC)n1c(C)cc(C=O)c1C. The number of rotatable bonds is 4. The normalized spacial score (nSPS) is 10.9. The average molecular weight is 193 g/mol. The van der Waals surface area contributed by atoms with Crippen LogP contribution in [-0.4, -0.2) is 10.9 Å². The second-order valence-electron chi connectivity index (χ2n) is 3.78. The molecule has 0 fully saturated rings. The summed E-state index contributed by atoms with van der Waals surface area (Å²) in [5, 5.41) is 0. The summed E-state index contributed by atoms with van der Waals surface area (Å²) in [6, 6.07) is 2.50. The maximum atomic E-state index is 10.8. The molecule has 14 heavy (non-hydrogen) atoms. The van der Waals surface area contributed by atoms with E-state index in [1.807, 2.05) is 13.0 Å². The van der Waals surface area contributed by atoms with Gasteiger partial charge in [-0.25, -0.2) is 0 Å². The minimum atomic E-state index is 0.531. The van der Waals surface area contributed by atoms with Gasteiger partial charge in [0.25, 0.3) is 0 Å². The van der Waals surface area contributed by atoms with Gasteiger partial charge >= 0.3 is 0 Å². The first-order chi connectivity index (χ1) is 6.65. The van der Waals surface area contributed by atoms with Crippen molar-refractivity contribution < 1.29 is 4.79 Å². The molecule has 0 aromatic carbocycles. The van der Waals surface area contributed by atoms with Crippen LogP contribution in [-0.2, 0) is 0 Å². The molecule has 1 heterocycles. The molecule has 0 bridgehead atoms. The van der Waals surface area contributed by atoms with Crippen molar-refractivity contribution in [1.29, 1.82) is 0 Å². The van der Waals surface area contributed by atoms with Crippen molar-refractivity contribution in [2.24, 2.45) is 0 Å². The van der Waals surface area contributed by atoms with Gasteiger partial charge in [0.2, 0.25) is 0 Å². The summed E-state index contributed by atoms with van der Waals surface area (Å²) in [6.07, 6.45) is 3.18. The number of hydrogen-bond acceptors (Lipinski definition) is 1. The molecule has 0 radical (unpaired) electrons. The van der Waals surface area contributed by atoms with E-state index in [4.69, 9.17) is 0 Å². The Hall–Kier alpha value is -1.05. The van der Waals surface area contributed by atoms with Gasteiger partial charge in [-0.3, -0.25) is 4.79 Å². The van der Waals surface area contributed by atoms with Gasteiger partial charge < -0.3 is 4.57 Å². The zero-order chi connectivity index (χ0) is 10.7. The number of carbonyl (C=O) groups excluding carboxylic acids is 1. The van der Waals surface area contributed by atoms with Gasteiger partial charge in [-0.15, -0.1) is 0 Å². The Morgan fingerprint density at radius 3 is 2.29 bits per heavy atom. The van der Waals surface area contributed by atoms with Crippen molar-refractivity contribution in [3.8, 4) is 0 Å². The highest BCUT2D eigenvalue weighted by atomic mass is 16.1. The highest BCUT2D eigenvalue weighted by Gasteiger charge is 2.14. The van der Waals surface area contributed by atoms with Crippen LogP contribution in [0.15, 0.2) is 6.07 Å². The summed E-state index contributed by atoms with van der Waals surface area (Å²) in [5.41, 5.74) is 3.12. The molecular formula is C12H19NO. The van der Waals surface area contributed by atoms with E-state index in [1.165, 1.54) is 5.69 Å². The van der Waals surface area contributed by atoms with Crippen LogP contribution in [0.4, 0.5) is 0 Å². The van der Waals surface area contributed by atoms with E-state index in [2.05, 4.69) is 25.3 Å². The van der Waals surface area contributed by atoms with Crippen LogP contribution >= 0.6 is 0 Å². The van der Waals surface area contributed by atoms with E-state index in [0.29, 0.717) is 6.04 Å².